The number of benzene rings is 2. The standard InChI is InChI=1S/C22H22N2O7/c1-30-20(27)11-23-21(28)18(10-19(25)26)24-22(29)31-12-17-15-8-4-2-6-13(15)14-7-3-5-9-16(14)17/h2-9,17-18H,10-12H2,1H3,(H,23,28)(H,24,29)(H,25,26). The fraction of sp³-hybridized carbons (Fsp3) is 0.273. The van der Waals surface area contributed by atoms with Crippen LogP contribution in [0.15, 0.2) is 48.5 Å². The Hall–Kier alpha value is -3.88. The molecule has 2 amide bonds. The third-order valence-corrected chi connectivity index (χ3v) is 4.97. The summed E-state index contributed by atoms with van der Waals surface area (Å²) in [6, 6.07) is 14.2. The summed E-state index contributed by atoms with van der Waals surface area (Å²) >= 11 is 0. The fourth-order valence-electron chi connectivity index (χ4n) is 3.52. The highest BCUT2D eigenvalue weighted by Gasteiger charge is 2.30. The van der Waals surface area contributed by atoms with Crippen LogP contribution in [0.4, 0.5) is 4.79 Å². The van der Waals surface area contributed by atoms with E-state index in [9.17, 15) is 19.2 Å². The fourth-order valence-corrected chi connectivity index (χ4v) is 3.52. The number of methoxy groups -OCH3 is 1. The van der Waals surface area contributed by atoms with Gasteiger partial charge >= 0.3 is 18.0 Å². The summed E-state index contributed by atoms with van der Waals surface area (Å²) in [6.07, 6.45) is -1.60. The Balaban J connectivity index is 1.64. The van der Waals surface area contributed by atoms with Crippen molar-refractivity contribution in [3.8, 4) is 11.1 Å². The Morgan fingerprint density at radius 3 is 2.13 bits per heavy atom. The van der Waals surface area contributed by atoms with Gasteiger partial charge in [0.1, 0.15) is 19.2 Å². The molecule has 31 heavy (non-hydrogen) atoms. The molecule has 2 aromatic carbocycles. The van der Waals surface area contributed by atoms with E-state index in [4.69, 9.17) is 9.84 Å². The summed E-state index contributed by atoms with van der Waals surface area (Å²) in [4.78, 5) is 46.7. The van der Waals surface area contributed by atoms with E-state index in [1.165, 1.54) is 0 Å². The first-order valence-electron chi connectivity index (χ1n) is 9.58. The highest BCUT2D eigenvalue weighted by molar-refractivity contribution is 5.91. The molecule has 0 fully saturated rings. The van der Waals surface area contributed by atoms with Crippen LogP contribution in [0.5, 0.6) is 0 Å². The molecule has 0 heterocycles. The number of nitrogens with one attached hydrogen (secondary N) is 2. The number of carboxylic acid groups (broad SMARTS) is 1. The normalized spacial score (nSPS) is 12.8. The predicted octanol–water partition coefficient (Wildman–Crippen LogP) is 1.66. The highest BCUT2D eigenvalue weighted by Crippen LogP contribution is 2.44. The van der Waals surface area contributed by atoms with Crippen LogP contribution in [0.1, 0.15) is 23.5 Å². The van der Waals surface area contributed by atoms with Crippen LogP contribution in [0.25, 0.3) is 11.1 Å². The van der Waals surface area contributed by atoms with Crippen molar-refractivity contribution >= 4 is 23.9 Å². The molecule has 0 radical (unpaired) electrons. The number of carboxylic acids is 1. The highest BCUT2D eigenvalue weighted by atomic mass is 16.5. The van der Waals surface area contributed by atoms with Crippen LogP contribution >= 0.6 is 0 Å². The molecule has 2 aromatic rings. The van der Waals surface area contributed by atoms with Crippen molar-refractivity contribution in [3.05, 3.63) is 59.7 Å². The van der Waals surface area contributed by atoms with Crippen molar-refractivity contribution in [3.63, 3.8) is 0 Å². The van der Waals surface area contributed by atoms with Crippen molar-refractivity contribution in [2.45, 2.75) is 18.4 Å². The lowest BCUT2D eigenvalue weighted by Crippen LogP contribution is -2.49. The zero-order valence-electron chi connectivity index (χ0n) is 16.8. The average Bonchev–Trinajstić information content (AvgIpc) is 3.08. The predicted molar refractivity (Wildman–Crippen MR) is 109 cm³/mol. The number of rotatable bonds is 8. The molecule has 0 saturated heterocycles. The molecule has 3 N–H and O–H groups in total. The summed E-state index contributed by atoms with van der Waals surface area (Å²) in [5.74, 6) is -3.01. The van der Waals surface area contributed by atoms with Crippen LogP contribution in [-0.2, 0) is 23.9 Å². The van der Waals surface area contributed by atoms with E-state index >= 15 is 0 Å². The smallest absolute Gasteiger partial charge is 0.407 e. The van der Waals surface area contributed by atoms with Gasteiger partial charge in [0, 0.05) is 5.92 Å². The summed E-state index contributed by atoms with van der Waals surface area (Å²) < 4.78 is 9.75. The van der Waals surface area contributed by atoms with E-state index in [0.29, 0.717) is 0 Å². The van der Waals surface area contributed by atoms with Gasteiger partial charge in [-0.2, -0.15) is 0 Å². The minimum atomic E-state index is -1.40. The van der Waals surface area contributed by atoms with Crippen LogP contribution in [0.3, 0.4) is 0 Å². The molecule has 1 atom stereocenters. The third-order valence-electron chi connectivity index (χ3n) is 4.97. The molecule has 9 nitrogen and oxygen atoms in total. The molecule has 0 aliphatic heterocycles. The van der Waals surface area contributed by atoms with Gasteiger partial charge in [-0.15, -0.1) is 0 Å². The van der Waals surface area contributed by atoms with Gasteiger partial charge < -0.3 is 25.2 Å². The van der Waals surface area contributed by atoms with Gasteiger partial charge in [0.2, 0.25) is 5.91 Å². The minimum Gasteiger partial charge on any atom is -0.481 e. The molecule has 0 spiro atoms. The summed E-state index contributed by atoms with van der Waals surface area (Å²) in [5, 5.41) is 13.5. The number of hydrogen-bond donors (Lipinski definition) is 3. The van der Waals surface area contributed by atoms with Crippen LogP contribution in [0, 0.1) is 0 Å². The van der Waals surface area contributed by atoms with Gasteiger partial charge in [-0.05, 0) is 22.3 Å². The van der Waals surface area contributed by atoms with Gasteiger partial charge in [0.25, 0.3) is 0 Å². The van der Waals surface area contributed by atoms with Crippen LogP contribution in [-0.4, -0.2) is 55.3 Å². The molecular formula is C22H22N2O7. The van der Waals surface area contributed by atoms with Gasteiger partial charge in [0.15, 0.2) is 0 Å². The molecule has 0 saturated carbocycles. The maximum absolute atomic E-state index is 12.3. The maximum Gasteiger partial charge on any atom is 0.407 e. The SMILES string of the molecule is COC(=O)CNC(=O)C(CC(=O)O)NC(=O)OCC1c2ccccc2-c2ccccc21. The molecule has 1 aliphatic carbocycles. The van der Waals surface area contributed by atoms with Crippen molar-refractivity contribution in [1.29, 1.82) is 0 Å². The first kappa shape index (κ1) is 21.8. The van der Waals surface area contributed by atoms with Crippen molar-refractivity contribution in [2.75, 3.05) is 20.3 Å². The average molecular weight is 426 g/mol. The maximum atomic E-state index is 12.3. The largest absolute Gasteiger partial charge is 0.481 e. The monoisotopic (exact) mass is 426 g/mol. The number of ether oxygens (including phenoxy) is 2. The van der Waals surface area contributed by atoms with Crippen LogP contribution in [0.2, 0.25) is 0 Å². The Morgan fingerprint density at radius 2 is 1.58 bits per heavy atom. The number of carbonyl (C=O) groups excluding carboxylic acids is 3. The number of esters is 1. The molecule has 162 valence electrons. The van der Waals surface area contributed by atoms with Crippen molar-refractivity contribution in [1.82, 2.24) is 10.6 Å². The Labute approximate surface area is 178 Å². The van der Waals surface area contributed by atoms with E-state index in [-0.39, 0.29) is 12.5 Å². The lowest BCUT2D eigenvalue weighted by molar-refractivity contribution is -0.142. The van der Waals surface area contributed by atoms with Crippen molar-refractivity contribution < 1.29 is 33.8 Å². The quantitative estimate of drug-likeness (QED) is 0.547. The van der Waals surface area contributed by atoms with E-state index in [2.05, 4.69) is 15.4 Å². The number of fused-ring (bicyclic) bond motifs is 3. The number of aliphatic carboxylic acids is 1. The number of amides is 2. The third kappa shape index (κ3) is 5.19. The first-order valence-corrected chi connectivity index (χ1v) is 9.58. The van der Waals surface area contributed by atoms with Crippen LogP contribution < -0.4 is 10.6 Å². The van der Waals surface area contributed by atoms with Gasteiger partial charge in [0.05, 0.1) is 13.5 Å². The minimum absolute atomic E-state index is 0.0173. The topological polar surface area (TPSA) is 131 Å². The number of carbonyl (C=O) groups is 4. The van der Waals surface area contributed by atoms with Gasteiger partial charge in [-0.1, -0.05) is 48.5 Å². The number of hydrogen-bond acceptors (Lipinski definition) is 6. The lowest BCUT2D eigenvalue weighted by atomic mass is 9.98. The second-order valence-electron chi connectivity index (χ2n) is 6.91. The summed E-state index contributed by atoms with van der Waals surface area (Å²) in [5.41, 5.74) is 4.18. The molecule has 3 rings (SSSR count). The molecule has 1 unspecified atom stereocenters. The van der Waals surface area contributed by atoms with Gasteiger partial charge in [-0.25, -0.2) is 4.79 Å². The molecule has 9 heteroatoms. The first-order chi connectivity index (χ1) is 14.9. The lowest BCUT2D eigenvalue weighted by Gasteiger charge is -2.18. The number of alkyl carbamates (subject to hydrolysis) is 1. The second-order valence-corrected chi connectivity index (χ2v) is 6.91. The summed E-state index contributed by atoms with van der Waals surface area (Å²) in [7, 11) is 1.15. The van der Waals surface area contributed by atoms with E-state index in [1.54, 1.807) is 0 Å². The Morgan fingerprint density at radius 1 is 1.00 bits per heavy atom. The zero-order chi connectivity index (χ0) is 22.4. The Kier molecular flexibility index (Phi) is 6.86. The molecule has 0 aromatic heterocycles. The Bertz CT molecular complexity index is 959. The van der Waals surface area contributed by atoms with E-state index < -0.39 is 42.9 Å². The molecule has 1 aliphatic rings. The van der Waals surface area contributed by atoms with Gasteiger partial charge in [-0.3, -0.25) is 14.4 Å². The molecule has 0 bridgehead atoms. The molecular weight excluding hydrogens is 404 g/mol. The zero-order valence-corrected chi connectivity index (χ0v) is 16.8. The van der Waals surface area contributed by atoms with E-state index in [0.717, 1.165) is 29.4 Å². The van der Waals surface area contributed by atoms with E-state index in [1.807, 2.05) is 48.5 Å². The van der Waals surface area contributed by atoms with Crippen molar-refractivity contribution in [2.24, 2.45) is 0 Å². The second kappa shape index (κ2) is 9.75. The summed E-state index contributed by atoms with van der Waals surface area (Å²) in [6.45, 7) is -0.429.